The first-order chi connectivity index (χ1) is 13.0. The quantitative estimate of drug-likeness (QED) is 0.851. The SMILES string of the molecule is COc1ccc(C(=O)NCC(=O)NC2CCOc3c(C)cc(C)cc32)cc1. The van der Waals surface area contributed by atoms with E-state index in [-0.39, 0.29) is 24.4 Å². The highest BCUT2D eigenvalue weighted by molar-refractivity contribution is 5.96. The molecule has 142 valence electrons. The van der Waals surface area contributed by atoms with Gasteiger partial charge in [-0.1, -0.05) is 17.7 Å². The molecule has 6 nitrogen and oxygen atoms in total. The Hall–Kier alpha value is -3.02. The maximum atomic E-state index is 12.3. The Morgan fingerprint density at radius 1 is 1.19 bits per heavy atom. The lowest BCUT2D eigenvalue weighted by Gasteiger charge is -2.28. The van der Waals surface area contributed by atoms with Crippen LogP contribution in [-0.2, 0) is 4.79 Å². The van der Waals surface area contributed by atoms with E-state index in [2.05, 4.69) is 16.7 Å². The van der Waals surface area contributed by atoms with Crippen molar-refractivity contribution in [2.75, 3.05) is 20.3 Å². The molecule has 0 aliphatic carbocycles. The summed E-state index contributed by atoms with van der Waals surface area (Å²) in [5.41, 5.74) is 3.67. The third-order valence-corrected chi connectivity index (χ3v) is 4.57. The van der Waals surface area contributed by atoms with Gasteiger partial charge in [-0.25, -0.2) is 0 Å². The number of amides is 2. The lowest BCUT2D eigenvalue weighted by Crippen LogP contribution is -2.40. The van der Waals surface area contributed by atoms with E-state index in [0.29, 0.717) is 24.3 Å². The number of nitrogens with one attached hydrogen (secondary N) is 2. The lowest BCUT2D eigenvalue weighted by molar-refractivity contribution is -0.121. The van der Waals surface area contributed by atoms with Gasteiger partial charge in [0, 0.05) is 17.5 Å². The van der Waals surface area contributed by atoms with Crippen LogP contribution in [0.15, 0.2) is 36.4 Å². The largest absolute Gasteiger partial charge is 0.497 e. The monoisotopic (exact) mass is 368 g/mol. The van der Waals surface area contributed by atoms with Gasteiger partial charge >= 0.3 is 0 Å². The van der Waals surface area contributed by atoms with Crippen molar-refractivity contribution in [3.05, 3.63) is 58.7 Å². The van der Waals surface area contributed by atoms with E-state index in [1.165, 1.54) is 0 Å². The summed E-state index contributed by atoms with van der Waals surface area (Å²) < 4.78 is 10.8. The molecule has 0 radical (unpaired) electrons. The zero-order chi connectivity index (χ0) is 19.4. The summed E-state index contributed by atoms with van der Waals surface area (Å²) in [5, 5.41) is 5.65. The van der Waals surface area contributed by atoms with Crippen LogP contribution in [0.25, 0.3) is 0 Å². The van der Waals surface area contributed by atoms with Crippen molar-refractivity contribution < 1.29 is 19.1 Å². The van der Waals surface area contributed by atoms with Crippen molar-refractivity contribution in [3.63, 3.8) is 0 Å². The van der Waals surface area contributed by atoms with Crippen molar-refractivity contribution in [1.29, 1.82) is 0 Å². The van der Waals surface area contributed by atoms with Crippen LogP contribution >= 0.6 is 0 Å². The van der Waals surface area contributed by atoms with Gasteiger partial charge in [0.2, 0.25) is 5.91 Å². The molecule has 3 rings (SSSR count). The van der Waals surface area contributed by atoms with Gasteiger partial charge in [-0.15, -0.1) is 0 Å². The maximum absolute atomic E-state index is 12.3. The van der Waals surface area contributed by atoms with Crippen LogP contribution in [0, 0.1) is 13.8 Å². The van der Waals surface area contributed by atoms with E-state index < -0.39 is 0 Å². The molecule has 2 aromatic carbocycles. The fourth-order valence-electron chi connectivity index (χ4n) is 3.28. The first-order valence-electron chi connectivity index (χ1n) is 8.93. The molecule has 1 aliphatic rings. The minimum Gasteiger partial charge on any atom is -0.497 e. The highest BCUT2D eigenvalue weighted by Gasteiger charge is 2.24. The molecule has 0 saturated carbocycles. The molecule has 2 amide bonds. The minimum atomic E-state index is -0.299. The fraction of sp³-hybridized carbons (Fsp3) is 0.333. The van der Waals surface area contributed by atoms with Crippen LogP contribution < -0.4 is 20.1 Å². The van der Waals surface area contributed by atoms with Crippen molar-refractivity contribution in [3.8, 4) is 11.5 Å². The summed E-state index contributed by atoms with van der Waals surface area (Å²) in [6.45, 7) is 4.50. The highest BCUT2D eigenvalue weighted by Crippen LogP contribution is 2.35. The first-order valence-corrected chi connectivity index (χ1v) is 8.93. The molecule has 0 aromatic heterocycles. The van der Waals surface area contributed by atoms with Crippen LogP contribution in [-0.4, -0.2) is 32.1 Å². The Morgan fingerprint density at radius 2 is 1.93 bits per heavy atom. The van der Waals surface area contributed by atoms with Crippen LogP contribution in [0.4, 0.5) is 0 Å². The third kappa shape index (κ3) is 4.39. The Bertz CT molecular complexity index is 846. The Morgan fingerprint density at radius 3 is 2.63 bits per heavy atom. The average molecular weight is 368 g/mol. The van der Waals surface area contributed by atoms with Gasteiger partial charge in [-0.05, 0) is 43.7 Å². The van der Waals surface area contributed by atoms with E-state index in [4.69, 9.17) is 9.47 Å². The molecule has 2 N–H and O–H groups in total. The Labute approximate surface area is 158 Å². The van der Waals surface area contributed by atoms with E-state index in [1.54, 1.807) is 31.4 Å². The number of ether oxygens (including phenoxy) is 2. The predicted molar refractivity (Wildman–Crippen MR) is 102 cm³/mol. The zero-order valence-electron chi connectivity index (χ0n) is 15.8. The van der Waals surface area contributed by atoms with Crippen LogP contribution in [0.1, 0.15) is 39.5 Å². The van der Waals surface area contributed by atoms with Crippen molar-refractivity contribution in [2.24, 2.45) is 0 Å². The third-order valence-electron chi connectivity index (χ3n) is 4.57. The molecule has 0 fully saturated rings. The van der Waals surface area contributed by atoms with Gasteiger partial charge in [-0.2, -0.15) is 0 Å². The van der Waals surface area contributed by atoms with Crippen LogP contribution in [0.2, 0.25) is 0 Å². The van der Waals surface area contributed by atoms with Crippen molar-refractivity contribution in [2.45, 2.75) is 26.3 Å². The average Bonchev–Trinajstić information content (AvgIpc) is 2.67. The van der Waals surface area contributed by atoms with E-state index >= 15 is 0 Å². The van der Waals surface area contributed by atoms with Crippen molar-refractivity contribution >= 4 is 11.8 Å². The number of carbonyl (C=O) groups excluding carboxylic acids is 2. The summed E-state index contributed by atoms with van der Waals surface area (Å²) in [4.78, 5) is 24.5. The molecular formula is C21H24N2O4. The smallest absolute Gasteiger partial charge is 0.251 e. The molecule has 2 aromatic rings. The normalized spacial score (nSPS) is 15.3. The number of benzene rings is 2. The van der Waals surface area contributed by atoms with Gasteiger partial charge in [0.15, 0.2) is 0 Å². The standard InChI is InChI=1S/C21H24N2O4/c1-13-10-14(2)20-17(11-13)18(8-9-27-20)23-19(24)12-22-21(25)15-4-6-16(26-3)7-5-15/h4-7,10-11,18H,8-9,12H2,1-3H3,(H,22,25)(H,23,24). The molecule has 6 heteroatoms. The van der Waals surface area contributed by atoms with Crippen LogP contribution in [0.5, 0.6) is 11.5 Å². The maximum Gasteiger partial charge on any atom is 0.251 e. The van der Waals surface area contributed by atoms with Crippen molar-refractivity contribution in [1.82, 2.24) is 10.6 Å². The van der Waals surface area contributed by atoms with E-state index in [1.807, 2.05) is 19.9 Å². The number of rotatable bonds is 5. The van der Waals surface area contributed by atoms with Gasteiger partial charge < -0.3 is 20.1 Å². The fourth-order valence-corrected chi connectivity index (χ4v) is 3.28. The zero-order valence-corrected chi connectivity index (χ0v) is 15.8. The summed E-state index contributed by atoms with van der Waals surface area (Å²) in [7, 11) is 1.57. The molecule has 27 heavy (non-hydrogen) atoms. The molecule has 0 saturated heterocycles. The van der Waals surface area contributed by atoms with E-state index in [0.717, 1.165) is 22.4 Å². The molecule has 1 aliphatic heterocycles. The minimum absolute atomic E-state index is 0.0810. The summed E-state index contributed by atoms with van der Waals surface area (Å²) in [6, 6.07) is 10.7. The van der Waals surface area contributed by atoms with Gasteiger partial charge in [0.25, 0.3) is 5.91 Å². The highest BCUT2D eigenvalue weighted by atomic mass is 16.5. The topological polar surface area (TPSA) is 76.7 Å². The summed E-state index contributed by atoms with van der Waals surface area (Å²) >= 11 is 0. The van der Waals surface area contributed by atoms with Gasteiger partial charge in [-0.3, -0.25) is 9.59 Å². The molecule has 0 bridgehead atoms. The number of aryl methyl sites for hydroxylation is 2. The van der Waals surface area contributed by atoms with E-state index in [9.17, 15) is 9.59 Å². The van der Waals surface area contributed by atoms with Gasteiger partial charge in [0.05, 0.1) is 26.3 Å². The molecule has 1 atom stereocenters. The van der Waals surface area contributed by atoms with Gasteiger partial charge in [0.1, 0.15) is 11.5 Å². The number of hydrogen-bond acceptors (Lipinski definition) is 4. The number of methoxy groups -OCH3 is 1. The Kier molecular flexibility index (Phi) is 5.64. The lowest BCUT2D eigenvalue weighted by atomic mass is 9.95. The first kappa shape index (κ1) is 18.8. The molecule has 0 spiro atoms. The number of carbonyl (C=O) groups is 2. The van der Waals surface area contributed by atoms with Crippen LogP contribution in [0.3, 0.4) is 0 Å². The molecular weight excluding hydrogens is 344 g/mol. The summed E-state index contributed by atoms with van der Waals surface area (Å²) in [6.07, 6.45) is 0.702. The molecule has 1 heterocycles. The Balaban J connectivity index is 1.59. The second kappa shape index (κ2) is 8.12. The second-order valence-electron chi connectivity index (χ2n) is 6.67. The number of hydrogen-bond donors (Lipinski definition) is 2. The predicted octanol–water partition coefficient (Wildman–Crippen LogP) is 2.68. The number of fused-ring (bicyclic) bond motifs is 1. The molecule has 1 unspecified atom stereocenters. The summed E-state index contributed by atoms with van der Waals surface area (Å²) in [5.74, 6) is 0.994. The second-order valence-corrected chi connectivity index (χ2v) is 6.67.